The fourth-order valence-corrected chi connectivity index (χ4v) is 4.97. The fraction of sp³-hybridized carbons (Fsp3) is 0.407. The maximum atomic E-state index is 14.5. The van der Waals surface area contributed by atoms with Gasteiger partial charge in [0.15, 0.2) is 0 Å². The quantitative estimate of drug-likeness (QED) is 0.334. The van der Waals surface area contributed by atoms with Crippen LogP contribution in [0.15, 0.2) is 60.2 Å². The van der Waals surface area contributed by atoms with Crippen LogP contribution >= 0.6 is 0 Å². The summed E-state index contributed by atoms with van der Waals surface area (Å²) in [6, 6.07) is 10.7. The minimum absolute atomic E-state index is 0.000624. The number of amides is 1. The normalized spacial score (nSPS) is 22.7. The molecule has 1 amide bonds. The summed E-state index contributed by atoms with van der Waals surface area (Å²) in [6.45, 7) is 11.3. The summed E-state index contributed by atoms with van der Waals surface area (Å²) >= 11 is 0. The van der Waals surface area contributed by atoms with E-state index in [-0.39, 0.29) is 23.1 Å². The minimum Gasteiger partial charge on any atom is -0.493 e. The largest absolute Gasteiger partial charge is 0.493 e. The number of ether oxygens (including phenoxy) is 2. The van der Waals surface area contributed by atoms with Crippen LogP contribution in [0.2, 0.25) is 0 Å². The second-order valence-electron chi connectivity index (χ2n) is 8.92. The molecule has 1 unspecified atom stereocenters. The summed E-state index contributed by atoms with van der Waals surface area (Å²) < 4.78 is 40.0. The third kappa shape index (κ3) is 4.99. The molecule has 2 aliphatic heterocycles. The smallest absolute Gasteiger partial charge is 0.240 e. The topological polar surface area (TPSA) is 54.4 Å². The van der Waals surface area contributed by atoms with Crippen molar-refractivity contribution in [3.8, 4) is 5.75 Å². The van der Waals surface area contributed by atoms with E-state index in [0.717, 1.165) is 43.4 Å². The van der Waals surface area contributed by atoms with Crippen molar-refractivity contribution in [3.05, 3.63) is 77.9 Å². The van der Waals surface area contributed by atoms with E-state index < -0.39 is 17.2 Å². The highest BCUT2D eigenvalue weighted by atomic mass is 19.1. The molecule has 0 saturated carbocycles. The van der Waals surface area contributed by atoms with Crippen molar-refractivity contribution in [2.45, 2.75) is 25.8 Å². The zero-order valence-electron chi connectivity index (χ0n) is 20.2. The van der Waals surface area contributed by atoms with Crippen LogP contribution in [-0.2, 0) is 15.1 Å². The molecule has 2 atom stereocenters. The van der Waals surface area contributed by atoms with Gasteiger partial charge in [-0.2, -0.15) is 5.10 Å². The lowest BCUT2D eigenvalue weighted by Crippen LogP contribution is -2.54. The number of halogens is 2. The second-order valence-corrected chi connectivity index (χ2v) is 8.92. The Bertz CT molecular complexity index is 1120. The molecule has 4 rings (SSSR count). The summed E-state index contributed by atoms with van der Waals surface area (Å²) in [5, 5.41) is 5.96. The average molecular weight is 484 g/mol. The van der Waals surface area contributed by atoms with E-state index >= 15 is 0 Å². The number of rotatable bonds is 7. The van der Waals surface area contributed by atoms with Gasteiger partial charge in [-0.15, -0.1) is 6.58 Å². The van der Waals surface area contributed by atoms with Gasteiger partial charge in [-0.05, 0) is 44.2 Å². The summed E-state index contributed by atoms with van der Waals surface area (Å²) in [5.74, 6) is -1.06. The summed E-state index contributed by atoms with van der Waals surface area (Å²) in [6.07, 6.45) is 2.45. The minimum atomic E-state index is -1.03. The van der Waals surface area contributed by atoms with Crippen LogP contribution in [0.3, 0.4) is 0 Å². The van der Waals surface area contributed by atoms with Crippen LogP contribution in [-0.4, -0.2) is 61.0 Å². The first-order chi connectivity index (χ1) is 16.9. The van der Waals surface area contributed by atoms with Crippen molar-refractivity contribution in [3.63, 3.8) is 0 Å². The van der Waals surface area contributed by atoms with E-state index in [9.17, 15) is 13.6 Å². The van der Waals surface area contributed by atoms with Crippen molar-refractivity contribution >= 4 is 11.6 Å². The lowest BCUT2D eigenvalue weighted by atomic mass is 9.74. The first-order valence-electron chi connectivity index (χ1n) is 11.8. The Balaban J connectivity index is 1.78. The molecule has 0 spiro atoms. The maximum Gasteiger partial charge on any atom is 0.240 e. The van der Waals surface area contributed by atoms with Crippen molar-refractivity contribution in [2.24, 2.45) is 11.0 Å². The van der Waals surface area contributed by atoms with Gasteiger partial charge < -0.3 is 9.47 Å². The van der Waals surface area contributed by atoms with Crippen LogP contribution in [0.25, 0.3) is 0 Å². The van der Waals surface area contributed by atoms with Crippen molar-refractivity contribution in [1.29, 1.82) is 0 Å². The predicted octanol–water partition coefficient (Wildman–Crippen LogP) is 4.35. The summed E-state index contributed by atoms with van der Waals surface area (Å²) in [7, 11) is 0. The molecule has 1 fully saturated rings. The number of hydrogen-bond acceptors (Lipinski definition) is 5. The molecule has 2 aliphatic rings. The number of benzene rings is 2. The number of carbonyl (C=O) groups excluding carboxylic acids is 1. The van der Waals surface area contributed by atoms with Gasteiger partial charge in [0.2, 0.25) is 5.91 Å². The molecule has 8 heteroatoms. The van der Waals surface area contributed by atoms with Crippen LogP contribution in [0.4, 0.5) is 8.78 Å². The molecular formula is C27H31F2N3O3. The standard InChI is InChI=1S/C27H31F2N3O3/c1-4-27(32(20(3)33)30-19(2)23-17-22(28)9-10-25(23)29)21(11-12-31-13-15-34-16-14-31)18-35-26-8-6-5-7-24(26)27/h4-10,17,21H,1,11-16,18H2,2-3H3/b30-19+/t21?,27-/m0/s1. The number of carbonyl (C=O) groups is 1. The Morgan fingerprint density at radius 2 is 1.97 bits per heavy atom. The van der Waals surface area contributed by atoms with Gasteiger partial charge >= 0.3 is 0 Å². The third-order valence-corrected chi connectivity index (χ3v) is 6.81. The molecule has 2 aromatic carbocycles. The predicted molar refractivity (Wildman–Crippen MR) is 130 cm³/mol. The number of morpholine rings is 1. The van der Waals surface area contributed by atoms with E-state index in [2.05, 4.69) is 16.6 Å². The van der Waals surface area contributed by atoms with Crippen molar-refractivity contribution < 1.29 is 23.0 Å². The van der Waals surface area contributed by atoms with Gasteiger partial charge in [0.05, 0.1) is 25.5 Å². The SMILES string of the molecule is C=C[C@@]1(N(/N=C(\C)c2cc(F)ccc2F)C(C)=O)c2ccccc2OCC1CCN1CCOCC1. The van der Waals surface area contributed by atoms with E-state index in [4.69, 9.17) is 9.47 Å². The molecule has 0 N–H and O–H groups in total. The molecule has 0 bridgehead atoms. The van der Waals surface area contributed by atoms with Gasteiger partial charge in [-0.1, -0.05) is 24.3 Å². The molecule has 0 aromatic heterocycles. The van der Waals surface area contributed by atoms with E-state index in [1.54, 1.807) is 13.0 Å². The molecule has 2 heterocycles. The van der Waals surface area contributed by atoms with E-state index in [1.165, 1.54) is 11.9 Å². The average Bonchev–Trinajstić information content (AvgIpc) is 2.87. The lowest BCUT2D eigenvalue weighted by Gasteiger charge is -2.48. The second kappa shape index (κ2) is 10.7. The Morgan fingerprint density at radius 1 is 1.23 bits per heavy atom. The van der Waals surface area contributed by atoms with Gasteiger partial charge in [0.25, 0.3) is 0 Å². The van der Waals surface area contributed by atoms with E-state index in [0.29, 0.717) is 32.0 Å². The Morgan fingerprint density at radius 3 is 2.69 bits per heavy atom. The van der Waals surface area contributed by atoms with Crippen LogP contribution in [0, 0.1) is 17.6 Å². The van der Waals surface area contributed by atoms with Crippen molar-refractivity contribution in [2.75, 3.05) is 39.5 Å². The van der Waals surface area contributed by atoms with Gasteiger partial charge in [-0.3, -0.25) is 9.69 Å². The lowest BCUT2D eigenvalue weighted by molar-refractivity contribution is -0.137. The maximum absolute atomic E-state index is 14.5. The van der Waals surface area contributed by atoms with Crippen LogP contribution < -0.4 is 4.74 Å². The first kappa shape index (κ1) is 25.0. The highest BCUT2D eigenvalue weighted by Crippen LogP contribution is 2.47. The highest BCUT2D eigenvalue weighted by Gasteiger charge is 2.49. The zero-order chi connectivity index (χ0) is 25.0. The third-order valence-electron chi connectivity index (χ3n) is 6.81. The van der Waals surface area contributed by atoms with E-state index in [1.807, 2.05) is 24.3 Å². The molecular weight excluding hydrogens is 452 g/mol. The zero-order valence-corrected chi connectivity index (χ0v) is 20.2. The highest BCUT2D eigenvalue weighted by molar-refractivity contribution is 5.99. The molecule has 6 nitrogen and oxygen atoms in total. The monoisotopic (exact) mass is 483 g/mol. The Hall–Kier alpha value is -3.10. The summed E-state index contributed by atoms with van der Waals surface area (Å²) in [5.41, 5.74) is -0.0763. The molecule has 0 radical (unpaired) electrons. The van der Waals surface area contributed by atoms with Gasteiger partial charge in [0, 0.05) is 37.1 Å². The van der Waals surface area contributed by atoms with Crippen LogP contribution in [0.5, 0.6) is 5.75 Å². The molecule has 2 aromatic rings. The van der Waals surface area contributed by atoms with Crippen LogP contribution in [0.1, 0.15) is 31.4 Å². The number of nitrogens with zero attached hydrogens (tertiary/aromatic N) is 3. The Labute approximate surface area is 204 Å². The first-order valence-corrected chi connectivity index (χ1v) is 11.8. The summed E-state index contributed by atoms with van der Waals surface area (Å²) in [4.78, 5) is 15.4. The van der Waals surface area contributed by atoms with Gasteiger partial charge in [-0.25, -0.2) is 13.8 Å². The number of para-hydroxylation sites is 1. The molecule has 0 aliphatic carbocycles. The molecule has 186 valence electrons. The Kier molecular flexibility index (Phi) is 7.62. The number of hydrogen-bond donors (Lipinski definition) is 0. The number of hydrazone groups is 1. The van der Waals surface area contributed by atoms with Gasteiger partial charge in [0.1, 0.15) is 22.9 Å². The molecule has 35 heavy (non-hydrogen) atoms. The fourth-order valence-electron chi connectivity index (χ4n) is 4.97. The number of fused-ring (bicyclic) bond motifs is 1. The molecule has 1 saturated heterocycles. The van der Waals surface area contributed by atoms with Crippen molar-refractivity contribution in [1.82, 2.24) is 9.91 Å².